The van der Waals surface area contributed by atoms with Crippen LogP contribution in [-0.4, -0.2) is 12.6 Å². The molecule has 1 fully saturated rings. The molecule has 0 amide bonds. The number of hydrogen-bond acceptors (Lipinski definition) is 2. The molecule has 2 heteroatoms. The van der Waals surface area contributed by atoms with Crippen LogP contribution < -0.4 is 0 Å². The maximum atomic E-state index is 11.7. The minimum Gasteiger partial charge on any atom is -0.458 e. The van der Waals surface area contributed by atoms with Gasteiger partial charge in [-0.15, -0.1) is 0 Å². The molecule has 2 rings (SSSR count). The van der Waals surface area contributed by atoms with Gasteiger partial charge in [-0.3, -0.25) is 0 Å². The molecule has 0 atom stereocenters. The fraction of sp³-hybridized carbons (Fsp3) is 0.526. The highest BCUT2D eigenvalue weighted by molar-refractivity contribution is 5.89. The lowest BCUT2D eigenvalue weighted by Gasteiger charge is -2.28. The molecular formula is C19H26O2. The second-order valence-corrected chi connectivity index (χ2v) is 6.02. The zero-order valence-corrected chi connectivity index (χ0v) is 13.0. The van der Waals surface area contributed by atoms with Crippen molar-refractivity contribution in [2.75, 3.05) is 6.61 Å². The highest BCUT2D eigenvalue weighted by Gasteiger charge is 2.21. The number of rotatable bonds is 6. The van der Waals surface area contributed by atoms with E-state index in [1.54, 1.807) is 6.08 Å². The summed E-state index contributed by atoms with van der Waals surface area (Å²) in [5, 5.41) is 0. The topological polar surface area (TPSA) is 26.3 Å². The highest BCUT2D eigenvalue weighted by atomic mass is 16.5. The van der Waals surface area contributed by atoms with Gasteiger partial charge in [-0.05, 0) is 55.2 Å². The molecule has 114 valence electrons. The van der Waals surface area contributed by atoms with Gasteiger partial charge in [0.2, 0.25) is 0 Å². The molecule has 21 heavy (non-hydrogen) atoms. The van der Waals surface area contributed by atoms with Crippen molar-refractivity contribution >= 4 is 5.97 Å². The van der Waals surface area contributed by atoms with Crippen LogP contribution in [-0.2, 0) is 4.74 Å². The van der Waals surface area contributed by atoms with Crippen molar-refractivity contribution in [1.82, 2.24) is 0 Å². The predicted octanol–water partition coefficient (Wildman–Crippen LogP) is 5.10. The van der Waals surface area contributed by atoms with Gasteiger partial charge in [-0.25, -0.2) is 4.79 Å². The normalized spacial score (nSPS) is 21.8. The van der Waals surface area contributed by atoms with E-state index in [9.17, 15) is 4.79 Å². The van der Waals surface area contributed by atoms with E-state index in [1.807, 2.05) is 12.1 Å². The number of carbonyl (C=O) groups excluding carboxylic acids is 1. The first-order valence-corrected chi connectivity index (χ1v) is 8.12. The zero-order valence-electron chi connectivity index (χ0n) is 13.0. The highest BCUT2D eigenvalue weighted by Crippen LogP contribution is 2.37. The molecule has 0 radical (unpaired) electrons. The third kappa shape index (κ3) is 4.45. The van der Waals surface area contributed by atoms with Crippen molar-refractivity contribution in [3.63, 3.8) is 0 Å². The van der Waals surface area contributed by atoms with Gasteiger partial charge in [0.05, 0.1) is 5.56 Å². The summed E-state index contributed by atoms with van der Waals surface area (Å²) < 4.78 is 5.05. The van der Waals surface area contributed by atoms with Crippen LogP contribution in [0.2, 0.25) is 0 Å². The van der Waals surface area contributed by atoms with Gasteiger partial charge in [0, 0.05) is 0 Å². The van der Waals surface area contributed by atoms with Crippen LogP contribution in [0.5, 0.6) is 0 Å². The molecule has 1 aromatic rings. The Morgan fingerprint density at radius 1 is 1.24 bits per heavy atom. The Morgan fingerprint density at radius 2 is 1.90 bits per heavy atom. The lowest BCUT2D eigenvalue weighted by molar-refractivity contribution is 0.0549. The van der Waals surface area contributed by atoms with Crippen LogP contribution in [0.15, 0.2) is 36.9 Å². The van der Waals surface area contributed by atoms with Crippen molar-refractivity contribution in [1.29, 1.82) is 0 Å². The molecule has 1 aromatic carbocycles. The van der Waals surface area contributed by atoms with Gasteiger partial charge < -0.3 is 4.74 Å². The fourth-order valence-corrected chi connectivity index (χ4v) is 3.30. The average molecular weight is 286 g/mol. The Morgan fingerprint density at radius 3 is 2.48 bits per heavy atom. The summed E-state index contributed by atoms with van der Waals surface area (Å²) in [5.41, 5.74) is 1.99. The van der Waals surface area contributed by atoms with Crippen LogP contribution in [0.25, 0.3) is 0 Å². The number of hydrogen-bond donors (Lipinski definition) is 0. The van der Waals surface area contributed by atoms with Crippen LogP contribution in [0.4, 0.5) is 0 Å². The molecule has 2 nitrogen and oxygen atoms in total. The Labute approximate surface area is 128 Å². The van der Waals surface area contributed by atoms with Gasteiger partial charge in [0.25, 0.3) is 0 Å². The summed E-state index contributed by atoms with van der Waals surface area (Å²) in [6.45, 7) is 6.08. The Kier molecular flexibility index (Phi) is 6.04. The molecule has 0 saturated heterocycles. The summed E-state index contributed by atoms with van der Waals surface area (Å²) >= 11 is 0. The van der Waals surface area contributed by atoms with Crippen LogP contribution >= 0.6 is 0 Å². The van der Waals surface area contributed by atoms with Crippen molar-refractivity contribution in [2.45, 2.75) is 51.4 Å². The number of carbonyl (C=O) groups is 1. The van der Waals surface area contributed by atoms with E-state index >= 15 is 0 Å². The molecule has 0 aromatic heterocycles. The van der Waals surface area contributed by atoms with Crippen molar-refractivity contribution in [2.24, 2.45) is 5.92 Å². The van der Waals surface area contributed by atoms with Crippen LogP contribution in [0.1, 0.15) is 67.3 Å². The SMILES string of the molecule is C=CCOC(=O)c1ccc(C2CCC(CCC)CC2)cc1. The maximum absolute atomic E-state index is 11.7. The summed E-state index contributed by atoms with van der Waals surface area (Å²) in [5.74, 6) is 1.32. The van der Waals surface area contributed by atoms with E-state index in [1.165, 1.54) is 44.1 Å². The molecule has 1 saturated carbocycles. The van der Waals surface area contributed by atoms with E-state index in [0.29, 0.717) is 11.5 Å². The van der Waals surface area contributed by atoms with Gasteiger partial charge in [-0.1, -0.05) is 44.6 Å². The largest absolute Gasteiger partial charge is 0.458 e. The fourth-order valence-electron chi connectivity index (χ4n) is 3.30. The van der Waals surface area contributed by atoms with E-state index < -0.39 is 0 Å². The third-order valence-corrected chi connectivity index (χ3v) is 4.49. The first kappa shape index (κ1) is 15.8. The van der Waals surface area contributed by atoms with E-state index in [-0.39, 0.29) is 12.6 Å². The molecule has 0 unspecified atom stereocenters. The minimum absolute atomic E-state index is 0.266. The van der Waals surface area contributed by atoms with E-state index in [2.05, 4.69) is 25.6 Å². The van der Waals surface area contributed by atoms with Gasteiger partial charge in [0.15, 0.2) is 0 Å². The Bertz CT molecular complexity index is 453. The molecule has 1 aliphatic carbocycles. The lowest BCUT2D eigenvalue weighted by atomic mass is 9.77. The first-order chi connectivity index (χ1) is 10.2. The molecular weight excluding hydrogens is 260 g/mol. The van der Waals surface area contributed by atoms with E-state index in [0.717, 1.165) is 5.92 Å². The molecule has 0 bridgehead atoms. The van der Waals surface area contributed by atoms with Crippen LogP contribution in [0, 0.1) is 5.92 Å². The molecule has 0 aliphatic heterocycles. The summed E-state index contributed by atoms with van der Waals surface area (Å²) in [6, 6.07) is 7.96. The number of benzene rings is 1. The standard InChI is InChI=1S/C19H26O2/c1-3-5-15-6-8-16(9-7-15)17-10-12-18(13-11-17)19(20)21-14-4-2/h4,10-13,15-16H,2-3,5-9,14H2,1H3. The summed E-state index contributed by atoms with van der Waals surface area (Å²) in [6.07, 6.45) is 9.53. The smallest absolute Gasteiger partial charge is 0.338 e. The Hall–Kier alpha value is -1.57. The number of esters is 1. The monoisotopic (exact) mass is 286 g/mol. The number of ether oxygens (including phenoxy) is 1. The van der Waals surface area contributed by atoms with Gasteiger partial charge in [-0.2, -0.15) is 0 Å². The van der Waals surface area contributed by atoms with E-state index in [4.69, 9.17) is 4.74 Å². The van der Waals surface area contributed by atoms with Gasteiger partial charge >= 0.3 is 5.97 Å². The molecule has 0 spiro atoms. The minimum atomic E-state index is -0.270. The maximum Gasteiger partial charge on any atom is 0.338 e. The molecule has 1 aliphatic rings. The quantitative estimate of drug-likeness (QED) is 0.537. The second kappa shape index (κ2) is 8.02. The third-order valence-electron chi connectivity index (χ3n) is 4.49. The van der Waals surface area contributed by atoms with Gasteiger partial charge in [0.1, 0.15) is 6.61 Å². The zero-order chi connectivity index (χ0) is 15.1. The van der Waals surface area contributed by atoms with Crippen LogP contribution in [0.3, 0.4) is 0 Å². The summed E-state index contributed by atoms with van der Waals surface area (Å²) in [4.78, 5) is 11.7. The lowest BCUT2D eigenvalue weighted by Crippen LogP contribution is -2.13. The average Bonchev–Trinajstić information content (AvgIpc) is 2.54. The summed E-state index contributed by atoms with van der Waals surface area (Å²) in [7, 11) is 0. The van der Waals surface area contributed by atoms with Crippen molar-refractivity contribution in [3.05, 3.63) is 48.0 Å². The van der Waals surface area contributed by atoms with Crippen molar-refractivity contribution < 1.29 is 9.53 Å². The Balaban J connectivity index is 1.90. The predicted molar refractivity (Wildman–Crippen MR) is 86.5 cm³/mol. The van der Waals surface area contributed by atoms with Crippen molar-refractivity contribution in [3.8, 4) is 0 Å². The first-order valence-electron chi connectivity index (χ1n) is 8.12. The second-order valence-electron chi connectivity index (χ2n) is 6.02. The molecule has 0 N–H and O–H groups in total. The molecule has 0 heterocycles.